The van der Waals surface area contributed by atoms with Crippen LogP contribution in [0.4, 0.5) is 5.69 Å². The van der Waals surface area contributed by atoms with Crippen LogP contribution in [-0.2, 0) is 19.4 Å². The minimum atomic E-state index is 0.719. The van der Waals surface area contributed by atoms with Crippen LogP contribution in [0.15, 0.2) is 48.5 Å². The number of anilines is 1. The molecule has 1 nitrogen and oxygen atoms in total. The van der Waals surface area contributed by atoms with Crippen molar-refractivity contribution < 1.29 is 0 Å². The van der Waals surface area contributed by atoms with Crippen LogP contribution in [0.3, 0.4) is 0 Å². The number of rotatable bonds is 6. The van der Waals surface area contributed by atoms with Crippen molar-refractivity contribution in [2.75, 3.05) is 5.32 Å². The van der Waals surface area contributed by atoms with Crippen LogP contribution in [0.25, 0.3) is 0 Å². The molecule has 0 saturated carbocycles. The van der Waals surface area contributed by atoms with Crippen LogP contribution in [-0.4, -0.2) is 0 Å². The summed E-state index contributed by atoms with van der Waals surface area (Å²) in [5, 5.41) is 3.47. The van der Waals surface area contributed by atoms with Crippen molar-refractivity contribution in [3.05, 3.63) is 65.2 Å². The first-order valence-corrected chi connectivity index (χ1v) is 7.58. The Labute approximate surface area is 123 Å². The molecule has 1 heteroatoms. The maximum Gasteiger partial charge on any atom is 0.0400 e. The zero-order valence-electron chi connectivity index (χ0n) is 12.8. The first kappa shape index (κ1) is 14.6. The molecule has 0 aromatic heterocycles. The maximum absolute atomic E-state index is 3.47. The van der Waals surface area contributed by atoms with Crippen molar-refractivity contribution in [2.24, 2.45) is 5.92 Å². The number of benzene rings is 2. The molecule has 2 rings (SSSR count). The van der Waals surface area contributed by atoms with Gasteiger partial charge in [-0.25, -0.2) is 0 Å². The lowest BCUT2D eigenvalue weighted by atomic mass is 10.0. The monoisotopic (exact) mass is 267 g/mol. The molecule has 0 aliphatic carbocycles. The predicted octanol–water partition coefficient (Wildman–Crippen LogP) is 5.06. The molecule has 1 N–H and O–H groups in total. The summed E-state index contributed by atoms with van der Waals surface area (Å²) in [6.07, 6.45) is 2.25. The average molecular weight is 267 g/mol. The number of nitrogens with one attached hydrogen (secondary N) is 1. The highest BCUT2D eigenvalue weighted by atomic mass is 14.9. The van der Waals surface area contributed by atoms with Gasteiger partial charge in [-0.2, -0.15) is 0 Å². The summed E-state index contributed by atoms with van der Waals surface area (Å²) < 4.78 is 0. The van der Waals surface area contributed by atoms with Crippen molar-refractivity contribution in [3.63, 3.8) is 0 Å². The zero-order chi connectivity index (χ0) is 14.4. The van der Waals surface area contributed by atoms with Gasteiger partial charge in [-0.15, -0.1) is 0 Å². The second-order valence-electron chi connectivity index (χ2n) is 5.82. The lowest BCUT2D eigenvalue weighted by Crippen LogP contribution is -2.00. The van der Waals surface area contributed by atoms with Gasteiger partial charge >= 0.3 is 0 Å². The van der Waals surface area contributed by atoms with E-state index in [-0.39, 0.29) is 0 Å². The fraction of sp³-hybridized carbons (Fsp3) is 0.368. The molecular weight excluding hydrogens is 242 g/mol. The summed E-state index contributed by atoms with van der Waals surface area (Å²) in [4.78, 5) is 0. The van der Waals surface area contributed by atoms with Crippen molar-refractivity contribution in [3.8, 4) is 0 Å². The Morgan fingerprint density at radius 3 is 1.90 bits per heavy atom. The molecular formula is C19H25N. The van der Waals surface area contributed by atoms with Gasteiger partial charge in [0.1, 0.15) is 0 Å². The van der Waals surface area contributed by atoms with Gasteiger partial charge in [0, 0.05) is 12.2 Å². The lowest BCUT2D eigenvalue weighted by molar-refractivity contribution is 0.647. The summed E-state index contributed by atoms with van der Waals surface area (Å²) in [6.45, 7) is 7.58. The molecule has 0 unspecified atom stereocenters. The van der Waals surface area contributed by atoms with E-state index in [1.807, 2.05) is 0 Å². The lowest BCUT2D eigenvalue weighted by Gasteiger charge is -2.09. The predicted molar refractivity (Wildman–Crippen MR) is 88.1 cm³/mol. The molecule has 0 aliphatic rings. The largest absolute Gasteiger partial charge is 0.381 e. The molecule has 2 aromatic rings. The van der Waals surface area contributed by atoms with Crippen LogP contribution in [0.1, 0.15) is 37.5 Å². The summed E-state index contributed by atoms with van der Waals surface area (Å²) in [5.41, 5.74) is 5.33. The Kier molecular flexibility index (Phi) is 5.23. The molecule has 0 atom stereocenters. The molecule has 0 amide bonds. The van der Waals surface area contributed by atoms with Crippen molar-refractivity contribution in [1.29, 1.82) is 0 Å². The Balaban J connectivity index is 1.89. The molecule has 20 heavy (non-hydrogen) atoms. The Morgan fingerprint density at radius 2 is 1.35 bits per heavy atom. The van der Waals surface area contributed by atoms with E-state index in [1.165, 1.54) is 22.4 Å². The number of hydrogen-bond acceptors (Lipinski definition) is 1. The normalized spacial score (nSPS) is 10.8. The first-order valence-electron chi connectivity index (χ1n) is 7.58. The highest BCUT2D eigenvalue weighted by molar-refractivity contribution is 5.45. The zero-order valence-corrected chi connectivity index (χ0v) is 12.8. The summed E-state index contributed by atoms with van der Waals surface area (Å²) in [7, 11) is 0. The van der Waals surface area contributed by atoms with Gasteiger partial charge in [0.05, 0.1) is 0 Å². The van der Waals surface area contributed by atoms with E-state index < -0.39 is 0 Å². The summed E-state index contributed by atoms with van der Waals surface area (Å²) >= 11 is 0. The van der Waals surface area contributed by atoms with Gasteiger partial charge in [-0.05, 0) is 47.6 Å². The van der Waals surface area contributed by atoms with E-state index in [9.17, 15) is 0 Å². The molecule has 106 valence electrons. The average Bonchev–Trinajstić information content (AvgIpc) is 2.46. The Bertz CT molecular complexity index is 508. The van der Waals surface area contributed by atoms with Crippen LogP contribution in [0.2, 0.25) is 0 Å². The highest BCUT2D eigenvalue weighted by Gasteiger charge is 1.99. The maximum atomic E-state index is 3.47. The second kappa shape index (κ2) is 7.14. The molecule has 2 aromatic carbocycles. The Hall–Kier alpha value is -1.76. The van der Waals surface area contributed by atoms with E-state index in [4.69, 9.17) is 0 Å². The van der Waals surface area contributed by atoms with Gasteiger partial charge < -0.3 is 5.32 Å². The second-order valence-corrected chi connectivity index (χ2v) is 5.82. The van der Waals surface area contributed by atoms with E-state index in [0.29, 0.717) is 0 Å². The van der Waals surface area contributed by atoms with Gasteiger partial charge in [-0.1, -0.05) is 57.2 Å². The van der Waals surface area contributed by atoms with Crippen LogP contribution in [0, 0.1) is 5.92 Å². The molecule has 0 radical (unpaired) electrons. The third kappa shape index (κ3) is 4.41. The molecule has 0 saturated heterocycles. The topological polar surface area (TPSA) is 12.0 Å². The van der Waals surface area contributed by atoms with Gasteiger partial charge in [0.25, 0.3) is 0 Å². The standard InChI is InChI=1S/C19H25N/c1-4-16-9-11-19(12-10-16)20-14-18-7-5-17(6-8-18)13-15(2)3/h5-12,15,20H,4,13-14H2,1-3H3. The molecule has 0 bridgehead atoms. The molecule has 0 aliphatic heterocycles. The van der Waals surface area contributed by atoms with E-state index in [1.54, 1.807) is 0 Å². The third-order valence-electron chi connectivity index (χ3n) is 3.53. The minimum Gasteiger partial charge on any atom is -0.381 e. The van der Waals surface area contributed by atoms with E-state index in [2.05, 4.69) is 74.6 Å². The highest BCUT2D eigenvalue weighted by Crippen LogP contribution is 2.13. The molecule has 0 fully saturated rings. The molecule has 0 spiro atoms. The van der Waals surface area contributed by atoms with E-state index >= 15 is 0 Å². The third-order valence-corrected chi connectivity index (χ3v) is 3.53. The van der Waals surface area contributed by atoms with Gasteiger partial charge in [0.2, 0.25) is 0 Å². The SMILES string of the molecule is CCc1ccc(NCc2ccc(CC(C)C)cc2)cc1. The Morgan fingerprint density at radius 1 is 0.800 bits per heavy atom. The first-order chi connectivity index (χ1) is 9.67. The smallest absolute Gasteiger partial charge is 0.0400 e. The number of aryl methyl sites for hydroxylation is 1. The van der Waals surface area contributed by atoms with Crippen LogP contribution in [0.5, 0.6) is 0 Å². The minimum absolute atomic E-state index is 0.719. The number of hydrogen-bond donors (Lipinski definition) is 1. The van der Waals surface area contributed by atoms with Gasteiger partial charge in [-0.3, -0.25) is 0 Å². The summed E-state index contributed by atoms with van der Waals surface area (Å²) in [6, 6.07) is 17.6. The van der Waals surface area contributed by atoms with Crippen molar-refractivity contribution in [2.45, 2.75) is 40.2 Å². The van der Waals surface area contributed by atoms with Gasteiger partial charge in [0.15, 0.2) is 0 Å². The van der Waals surface area contributed by atoms with E-state index in [0.717, 1.165) is 25.3 Å². The fourth-order valence-electron chi connectivity index (χ4n) is 2.33. The van der Waals surface area contributed by atoms with Crippen molar-refractivity contribution in [1.82, 2.24) is 0 Å². The summed E-state index contributed by atoms with van der Waals surface area (Å²) in [5.74, 6) is 0.719. The van der Waals surface area contributed by atoms with Crippen LogP contribution < -0.4 is 5.32 Å². The fourth-order valence-corrected chi connectivity index (χ4v) is 2.33. The van der Waals surface area contributed by atoms with Crippen molar-refractivity contribution >= 4 is 5.69 Å². The quantitative estimate of drug-likeness (QED) is 0.771. The molecule has 0 heterocycles. The van der Waals surface area contributed by atoms with Crippen LogP contribution >= 0.6 is 0 Å².